The number of fused-ring (bicyclic) bond motifs is 3. The van der Waals surface area contributed by atoms with Gasteiger partial charge in [0.15, 0.2) is 5.78 Å². The summed E-state index contributed by atoms with van der Waals surface area (Å²) in [5.74, 6) is -9.97. The summed E-state index contributed by atoms with van der Waals surface area (Å²) < 4.78 is 58.8. The first-order valence-corrected chi connectivity index (χ1v) is 32.2. The first-order valence-electron chi connectivity index (χ1n) is 28.3. The molecule has 2 amide bonds. The first-order chi connectivity index (χ1) is 37.5. The lowest BCUT2D eigenvalue weighted by molar-refractivity contribution is -0.265. The monoisotopic (exact) mass is 1170 g/mol. The van der Waals surface area contributed by atoms with Gasteiger partial charge >= 0.3 is 19.7 Å². The van der Waals surface area contributed by atoms with Crippen molar-refractivity contribution in [1.29, 1.82) is 0 Å². The van der Waals surface area contributed by atoms with Crippen molar-refractivity contribution in [1.82, 2.24) is 10.2 Å². The number of Topliss-reactive ketones (excluding diaryl/α,β-unsaturated/α-hetero) is 3. The number of cyclic esters (lactones) is 1. The molecule has 16 atom stereocenters. The van der Waals surface area contributed by atoms with E-state index in [1.165, 1.54) is 14.2 Å². The number of carbonyl (C=O) groups excluding carboxylic acids is 6. The van der Waals surface area contributed by atoms with Gasteiger partial charge in [-0.3, -0.25) is 28.3 Å². The van der Waals surface area contributed by atoms with Gasteiger partial charge in [0.1, 0.15) is 42.1 Å². The average Bonchev–Trinajstić information content (AvgIpc) is 3.39. The van der Waals surface area contributed by atoms with E-state index in [2.05, 4.69) is 5.32 Å². The minimum atomic E-state index is -4.67. The van der Waals surface area contributed by atoms with Gasteiger partial charge in [-0.15, -0.1) is 0 Å². The molecule has 80 heavy (non-hydrogen) atoms. The van der Waals surface area contributed by atoms with Crippen LogP contribution in [-0.4, -0.2) is 166 Å². The van der Waals surface area contributed by atoms with Crippen LogP contribution >= 0.6 is 15.0 Å². The molecule has 0 spiro atoms. The molecule has 0 aromatic heterocycles. The minimum absolute atomic E-state index is 0.0221. The van der Waals surface area contributed by atoms with E-state index in [9.17, 15) is 53.0 Å². The van der Waals surface area contributed by atoms with Gasteiger partial charge in [0.05, 0.1) is 18.3 Å². The van der Waals surface area contributed by atoms with Crippen LogP contribution in [-0.2, 0) is 61.5 Å². The summed E-state index contributed by atoms with van der Waals surface area (Å²) >= 11 is 0. The molecule has 23 heteroatoms. The van der Waals surface area contributed by atoms with Gasteiger partial charge in [0.25, 0.3) is 11.7 Å². The Labute approximate surface area is 472 Å². The fraction of sp³-hybridized carbons (Fsp3) is 0.754. The van der Waals surface area contributed by atoms with E-state index in [1.54, 1.807) is 40.9 Å². The number of hydrogen-bond donors (Lipinski definition) is 6. The van der Waals surface area contributed by atoms with E-state index in [-0.39, 0.29) is 74.8 Å². The van der Waals surface area contributed by atoms with Gasteiger partial charge in [0.2, 0.25) is 13.2 Å². The predicted molar refractivity (Wildman–Crippen MR) is 298 cm³/mol. The van der Waals surface area contributed by atoms with Crippen molar-refractivity contribution < 1.29 is 91.2 Å². The Balaban J connectivity index is 1.60. The van der Waals surface area contributed by atoms with Gasteiger partial charge in [-0.05, 0) is 120 Å². The molecule has 4 rings (SSSR count). The van der Waals surface area contributed by atoms with Crippen LogP contribution in [0.5, 0.6) is 0 Å². The molecule has 454 valence electrons. The van der Waals surface area contributed by atoms with Crippen molar-refractivity contribution in [3.05, 3.63) is 47.6 Å². The van der Waals surface area contributed by atoms with E-state index in [4.69, 9.17) is 38.2 Å². The van der Waals surface area contributed by atoms with E-state index >= 15 is 0 Å². The van der Waals surface area contributed by atoms with Crippen LogP contribution in [0.3, 0.4) is 0 Å². The van der Waals surface area contributed by atoms with Crippen LogP contribution in [0.4, 0.5) is 4.79 Å². The zero-order valence-electron chi connectivity index (χ0n) is 48.6. The number of methoxy groups -OCH3 is 3. The molecule has 0 radical (unpaired) electrons. The molecule has 0 aromatic carbocycles. The number of hydrogen-bond acceptors (Lipinski definition) is 16. The Kier molecular flexibility index (Phi) is 27.3. The summed E-state index contributed by atoms with van der Waals surface area (Å²) in [6, 6.07) is -1.22. The van der Waals surface area contributed by atoms with Crippen molar-refractivity contribution in [3.8, 4) is 0 Å². The van der Waals surface area contributed by atoms with Gasteiger partial charge in [-0.2, -0.15) is 0 Å². The molecule has 4 aliphatic rings. The largest absolute Gasteiger partial charge is 0.460 e. The maximum Gasteiger partial charge on any atom is 0.407 e. The van der Waals surface area contributed by atoms with Crippen LogP contribution in [0.1, 0.15) is 138 Å². The highest BCUT2D eigenvalue weighted by Gasteiger charge is 2.53. The van der Waals surface area contributed by atoms with E-state index in [0.29, 0.717) is 63.4 Å². The fourth-order valence-corrected chi connectivity index (χ4v) is 15.0. The third-order valence-electron chi connectivity index (χ3n) is 16.3. The first kappa shape index (κ1) is 68.8. The molecular formula is C57H92N2O19P2. The van der Waals surface area contributed by atoms with Crippen LogP contribution in [0.25, 0.3) is 0 Å². The summed E-state index contributed by atoms with van der Waals surface area (Å²) in [7, 11) is -4.32. The zero-order chi connectivity index (χ0) is 59.7. The molecule has 6 N–H and O–H groups in total. The number of ketones is 3. The van der Waals surface area contributed by atoms with Crippen molar-refractivity contribution in [2.45, 2.75) is 193 Å². The highest BCUT2D eigenvalue weighted by Crippen LogP contribution is 2.55. The molecule has 3 aliphatic heterocycles. The van der Waals surface area contributed by atoms with Crippen LogP contribution in [0.2, 0.25) is 0 Å². The van der Waals surface area contributed by atoms with Crippen LogP contribution in [0.15, 0.2) is 47.6 Å². The number of aliphatic hydroxyl groups is 2. The van der Waals surface area contributed by atoms with Crippen LogP contribution in [0, 0.1) is 35.5 Å². The van der Waals surface area contributed by atoms with Crippen molar-refractivity contribution in [3.63, 3.8) is 0 Å². The highest BCUT2D eigenvalue weighted by molar-refractivity contribution is 7.72. The Morgan fingerprint density at radius 1 is 0.863 bits per heavy atom. The number of esters is 1. The van der Waals surface area contributed by atoms with Gasteiger partial charge in [-0.1, -0.05) is 71.1 Å². The maximum absolute atomic E-state index is 14.6. The lowest BCUT2D eigenvalue weighted by Crippen LogP contribution is -2.61. The number of rotatable bonds is 14. The van der Waals surface area contributed by atoms with E-state index in [0.717, 1.165) is 10.5 Å². The quantitative estimate of drug-likeness (QED) is 0.0332. The Bertz CT molecular complexity index is 2330. The number of piperidine rings is 1. The van der Waals surface area contributed by atoms with Crippen molar-refractivity contribution in [2.24, 2.45) is 35.5 Å². The number of carbonyl (C=O) groups is 6. The Morgan fingerprint density at radius 3 is 2.24 bits per heavy atom. The Hall–Kier alpha value is -3.72. The lowest BCUT2D eigenvalue weighted by Gasteiger charge is -2.42. The maximum atomic E-state index is 14.6. The summed E-state index contributed by atoms with van der Waals surface area (Å²) in [4.78, 5) is 114. The highest BCUT2D eigenvalue weighted by atomic mass is 31.2. The third kappa shape index (κ3) is 20.6. The number of unbranched alkanes of at least 4 members (excludes halogenated alkanes) is 1. The molecule has 2 bridgehead atoms. The normalized spacial score (nSPS) is 36.0. The average molecular weight is 1170 g/mol. The number of allylic oxidation sites excluding steroid dienone is 6. The van der Waals surface area contributed by atoms with Gasteiger partial charge in [0, 0.05) is 71.2 Å². The summed E-state index contributed by atoms with van der Waals surface area (Å²) in [5, 5.41) is 26.2. The second-order valence-electron chi connectivity index (χ2n) is 23.0. The molecule has 21 nitrogen and oxygen atoms in total. The minimum Gasteiger partial charge on any atom is -0.460 e. The number of ether oxygens (including phenoxy) is 6. The lowest BCUT2D eigenvalue weighted by atomic mass is 9.78. The summed E-state index contributed by atoms with van der Waals surface area (Å²) in [5.41, 5.74) is 1.18. The molecule has 3 fully saturated rings. The second kappa shape index (κ2) is 31.8. The van der Waals surface area contributed by atoms with Crippen molar-refractivity contribution in [2.75, 3.05) is 46.5 Å². The van der Waals surface area contributed by atoms with Crippen molar-refractivity contribution >= 4 is 50.3 Å². The van der Waals surface area contributed by atoms with Gasteiger partial charge in [-0.25, -0.2) is 9.59 Å². The van der Waals surface area contributed by atoms with E-state index < -0.39 is 123 Å². The summed E-state index contributed by atoms with van der Waals surface area (Å²) in [6.45, 7) is 12.5. The predicted octanol–water partition coefficient (Wildman–Crippen LogP) is 7.10. The zero-order valence-corrected chi connectivity index (χ0v) is 50.4. The third-order valence-corrected chi connectivity index (χ3v) is 20.6. The van der Waals surface area contributed by atoms with E-state index in [1.807, 2.05) is 51.2 Å². The molecule has 1 saturated carbocycles. The van der Waals surface area contributed by atoms with Crippen LogP contribution < -0.4 is 5.32 Å². The molecule has 2 saturated heterocycles. The Morgan fingerprint density at radius 2 is 1.57 bits per heavy atom. The molecular weight excluding hydrogens is 1080 g/mol. The standard InChI is InChI=1S/C57H92N2O19P2/c1-35-18-12-11-13-19-36(2)47(73-8)32-43-23-21-41(7)57(67,78-43)53(63)54(64)59-26-16-14-20-44(59)55(65)76-48(33-45(60)37(3)29-40(6)51(62)52(75-10)50(61)39(5)28-35)38(4)30-42-22-24-46(49(31-42)74-9)77-56(66)58-25-15-17-27-79(68,69)34-80(70,71)72/h11-13,18-19,29,35,37-39,41-44,46-49,51-52,62,67H,14-17,20-28,30-34H2,1-10H3,(H,58,66)(H,68,69)(H2,70,71,72)/b13-11+,18-12-,36-19+,40-29+/t35-,37-,38-,39-,41-,42-,43+,44+,46-,47+,48+,49-,51-,52+,57-/m1/s1. The second-order valence-corrected chi connectivity index (χ2v) is 27.6. The number of nitrogens with zero attached hydrogens (tertiary/aromatic N) is 1. The molecule has 1 aliphatic carbocycles. The number of nitrogens with one attached hydrogen (secondary N) is 1. The molecule has 1 unspecified atom stereocenters. The number of amides is 2. The molecule has 3 heterocycles. The fourth-order valence-electron chi connectivity index (χ4n) is 11.4. The van der Waals surface area contributed by atoms with Gasteiger partial charge < -0.3 is 63.5 Å². The summed E-state index contributed by atoms with van der Waals surface area (Å²) in [6.07, 6.45) is 8.73. The number of aliphatic hydroxyl groups excluding tert-OH is 1. The topological polar surface area (TPSA) is 308 Å². The molecule has 0 aromatic rings. The number of alkyl carbamates (subject to hydrolysis) is 1. The SMILES string of the molecule is CO[C@H]1C[C@@H]2CC[C@@H](C)[C@@](O)(O2)C(=O)C(=O)N2CCCC[C@H]2C(=O)O[C@H]([C@H](C)C[C@H]2CC[C@@H](OC(=O)NCCCCP(=O)(O)CP(=O)(O)O)[C@H](OC)C2)CC(=O)[C@H](C)/C=C(\C)[C@@H](O)[C@@H](OC)C(=O)[C@H](C)C[C@H](C)\C=C/C=C/C=C/1C. The smallest absolute Gasteiger partial charge is 0.407 e.